The minimum atomic E-state index is -0.194. The highest BCUT2D eigenvalue weighted by Gasteiger charge is 2.36. The van der Waals surface area contributed by atoms with Crippen molar-refractivity contribution in [3.8, 4) is 0 Å². The topological polar surface area (TPSA) is 96.1 Å². The number of nitrogens with two attached hydrogens (primary N) is 1. The summed E-state index contributed by atoms with van der Waals surface area (Å²) < 4.78 is 0. The molecular weight excluding hydrogens is 194 g/mol. The van der Waals surface area contributed by atoms with E-state index >= 15 is 0 Å². The first-order valence-corrected chi connectivity index (χ1v) is 4.96. The van der Waals surface area contributed by atoms with E-state index in [0.717, 1.165) is 19.3 Å². The fourth-order valence-electron chi connectivity index (χ4n) is 1.70. The molecule has 5 N–H and O–H groups in total. The van der Waals surface area contributed by atoms with Crippen molar-refractivity contribution in [2.45, 2.75) is 24.8 Å². The number of nitrogens with zero attached hydrogens (tertiary/aromatic N) is 2. The van der Waals surface area contributed by atoms with Crippen molar-refractivity contribution in [3.05, 3.63) is 12.4 Å². The zero-order valence-corrected chi connectivity index (χ0v) is 8.40. The molecule has 0 radical (unpaired) electrons. The molecular formula is C9H15N5O. The van der Waals surface area contributed by atoms with Gasteiger partial charge in [-0.2, -0.15) is 0 Å². The molecule has 1 fully saturated rings. The molecule has 0 unspecified atom stereocenters. The molecule has 0 aromatic carbocycles. The van der Waals surface area contributed by atoms with Crippen LogP contribution in [0, 0.1) is 0 Å². The Morgan fingerprint density at radius 3 is 2.67 bits per heavy atom. The third-order valence-electron chi connectivity index (χ3n) is 2.82. The summed E-state index contributed by atoms with van der Waals surface area (Å²) >= 11 is 0. The average Bonchev–Trinajstić information content (AvgIpc) is 2.24. The van der Waals surface area contributed by atoms with Gasteiger partial charge < -0.3 is 15.8 Å². The Hall–Kier alpha value is -1.40. The lowest BCUT2D eigenvalue weighted by Gasteiger charge is -2.41. The zero-order valence-electron chi connectivity index (χ0n) is 8.40. The van der Waals surface area contributed by atoms with Crippen LogP contribution in [-0.4, -0.2) is 27.2 Å². The quantitative estimate of drug-likeness (QED) is 0.414. The molecule has 0 bridgehead atoms. The fraction of sp³-hybridized carbons (Fsp3) is 0.556. The van der Waals surface area contributed by atoms with E-state index in [2.05, 4.69) is 20.7 Å². The van der Waals surface area contributed by atoms with Crippen LogP contribution in [0.3, 0.4) is 0 Å². The summed E-state index contributed by atoms with van der Waals surface area (Å²) in [4.78, 5) is 7.98. The molecule has 0 spiro atoms. The molecule has 1 aliphatic carbocycles. The normalized spacial score (nSPS) is 18.0. The highest BCUT2D eigenvalue weighted by molar-refractivity contribution is 5.47. The van der Waals surface area contributed by atoms with Crippen molar-refractivity contribution in [1.29, 1.82) is 0 Å². The minimum absolute atomic E-state index is 0.127. The lowest BCUT2D eigenvalue weighted by molar-refractivity contribution is 0.144. The molecule has 82 valence electrons. The van der Waals surface area contributed by atoms with Crippen molar-refractivity contribution < 1.29 is 5.11 Å². The van der Waals surface area contributed by atoms with E-state index in [-0.39, 0.29) is 12.1 Å². The smallest absolute Gasteiger partial charge is 0.145 e. The molecule has 1 saturated carbocycles. The summed E-state index contributed by atoms with van der Waals surface area (Å²) in [6.45, 7) is 0.127. The number of nitrogen functional groups attached to an aromatic ring is 1. The van der Waals surface area contributed by atoms with Gasteiger partial charge in [-0.25, -0.2) is 15.8 Å². The zero-order chi connectivity index (χ0) is 10.7. The van der Waals surface area contributed by atoms with Crippen LogP contribution in [0.25, 0.3) is 0 Å². The van der Waals surface area contributed by atoms with Gasteiger partial charge in [0.05, 0.1) is 12.1 Å². The summed E-state index contributed by atoms with van der Waals surface area (Å²) in [5.41, 5.74) is 2.26. The number of aliphatic hydroxyl groups excluding tert-OH is 1. The minimum Gasteiger partial charge on any atom is -0.394 e. The standard InChI is InChI=1S/C9H15N5O/c10-14-8-4-7(11-6-12-8)13-9(5-15)2-1-3-9/h4,6,15H,1-3,5,10H2,(H2,11,12,13,14). The van der Waals surface area contributed by atoms with Gasteiger partial charge in [0.25, 0.3) is 0 Å². The number of rotatable bonds is 4. The lowest BCUT2D eigenvalue weighted by atomic mass is 9.77. The average molecular weight is 209 g/mol. The molecule has 6 heteroatoms. The monoisotopic (exact) mass is 209 g/mol. The van der Waals surface area contributed by atoms with E-state index in [1.165, 1.54) is 6.33 Å². The Morgan fingerprint density at radius 2 is 2.13 bits per heavy atom. The van der Waals surface area contributed by atoms with E-state index in [0.29, 0.717) is 11.6 Å². The summed E-state index contributed by atoms with van der Waals surface area (Å²) in [5, 5.41) is 12.5. The second-order valence-corrected chi connectivity index (χ2v) is 3.85. The predicted molar refractivity (Wildman–Crippen MR) is 57.1 cm³/mol. The van der Waals surface area contributed by atoms with E-state index in [1.54, 1.807) is 6.07 Å². The predicted octanol–water partition coefficient (Wildman–Crippen LogP) is 0.0891. The number of hydrogen-bond acceptors (Lipinski definition) is 6. The summed E-state index contributed by atoms with van der Waals surface area (Å²) in [5.74, 6) is 6.49. The molecule has 0 amide bonds. The summed E-state index contributed by atoms with van der Waals surface area (Å²) in [6.07, 6.45) is 4.51. The van der Waals surface area contributed by atoms with Crippen LogP contribution in [0.15, 0.2) is 12.4 Å². The lowest BCUT2D eigenvalue weighted by Crippen LogP contribution is -2.48. The molecule has 0 aliphatic heterocycles. The van der Waals surface area contributed by atoms with Crippen molar-refractivity contribution in [2.75, 3.05) is 17.3 Å². The van der Waals surface area contributed by atoms with Gasteiger partial charge in [-0.3, -0.25) is 0 Å². The maximum atomic E-state index is 9.28. The molecule has 0 saturated heterocycles. The number of aliphatic hydroxyl groups is 1. The molecule has 1 aliphatic rings. The molecule has 1 aromatic rings. The second-order valence-electron chi connectivity index (χ2n) is 3.85. The van der Waals surface area contributed by atoms with Crippen molar-refractivity contribution in [1.82, 2.24) is 9.97 Å². The molecule has 2 rings (SSSR count). The number of nitrogens with one attached hydrogen (secondary N) is 2. The SMILES string of the molecule is NNc1cc(NC2(CO)CCC2)ncn1. The first-order valence-electron chi connectivity index (χ1n) is 4.96. The van der Waals surface area contributed by atoms with Gasteiger partial charge in [-0.1, -0.05) is 0 Å². The molecule has 0 atom stereocenters. The number of aromatic nitrogens is 2. The second kappa shape index (κ2) is 4.00. The van der Waals surface area contributed by atoms with Crippen LogP contribution in [0.5, 0.6) is 0 Å². The van der Waals surface area contributed by atoms with Gasteiger partial charge in [-0.15, -0.1) is 0 Å². The molecule has 1 aromatic heterocycles. The highest BCUT2D eigenvalue weighted by atomic mass is 16.3. The van der Waals surface area contributed by atoms with Crippen molar-refractivity contribution in [2.24, 2.45) is 5.84 Å². The fourth-order valence-corrected chi connectivity index (χ4v) is 1.70. The Morgan fingerprint density at radius 1 is 1.40 bits per heavy atom. The first kappa shape index (κ1) is 10.1. The Balaban J connectivity index is 2.09. The van der Waals surface area contributed by atoms with Crippen LogP contribution >= 0.6 is 0 Å². The first-order chi connectivity index (χ1) is 7.28. The van der Waals surface area contributed by atoms with Crippen LogP contribution in [0.1, 0.15) is 19.3 Å². The summed E-state index contributed by atoms with van der Waals surface area (Å²) in [6, 6.07) is 1.72. The van der Waals surface area contributed by atoms with Crippen LogP contribution in [-0.2, 0) is 0 Å². The van der Waals surface area contributed by atoms with Gasteiger partial charge in [-0.05, 0) is 19.3 Å². The van der Waals surface area contributed by atoms with Gasteiger partial charge in [0.1, 0.15) is 18.0 Å². The van der Waals surface area contributed by atoms with E-state index in [1.807, 2.05) is 0 Å². The Bertz CT molecular complexity index is 334. The van der Waals surface area contributed by atoms with Crippen LogP contribution in [0.4, 0.5) is 11.6 Å². The number of hydrogen-bond donors (Lipinski definition) is 4. The maximum absolute atomic E-state index is 9.28. The van der Waals surface area contributed by atoms with Gasteiger partial charge in [0.15, 0.2) is 0 Å². The van der Waals surface area contributed by atoms with Crippen molar-refractivity contribution in [3.63, 3.8) is 0 Å². The highest BCUT2D eigenvalue weighted by Crippen LogP contribution is 2.34. The van der Waals surface area contributed by atoms with Gasteiger partial charge in [0, 0.05) is 6.07 Å². The largest absolute Gasteiger partial charge is 0.394 e. The Kier molecular flexibility index (Phi) is 2.70. The number of hydrazine groups is 1. The maximum Gasteiger partial charge on any atom is 0.145 e. The number of anilines is 2. The van der Waals surface area contributed by atoms with Gasteiger partial charge in [0.2, 0.25) is 0 Å². The molecule has 1 heterocycles. The Labute approximate surface area is 87.9 Å². The third kappa shape index (κ3) is 2.00. The van der Waals surface area contributed by atoms with Gasteiger partial charge >= 0.3 is 0 Å². The van der Waals surface area contributed by atoms with Crippen LogP contribution < -0.4 is 16.6 Å². The summed E-state index contributed by atoms with van der Waals surface area (Å²) in [7, 11) is 0. The third-order valence-corrected chi connectivity index (χ3v) is 2.82. The van der Waals surface area contributed by atoms with E-state index in [4.69, 9.17) is 5.84 Å². The van der Waals surface area contributed by atoms with Crippen molar-refractivity contribution >= 4 is 11.6 Å². The van der Waals surface area contributed by atoms with E-state index in [9.17, 15) is 5.11 Å². The molecule has 15 heavy (non-hydrogen) atoms. The van der Waals surface area contributed by atoms with Crippen LogP contribution in [0.2, 0.25) is 0 Å². The van der Waals surface area contributed by atoms with E-state index < -0.39 is 0 Å². The molecule has 6 nitrogen and oxygen atoms in total.